The summed E-state index contributed by atoms with van der Waals surface area (Å²) in [6, 6.07) is 8.27. The Hall–Kier alpha value is -4.15. The molecule has 136 valence electrons. The Morgan fingerprint density at radius 2 is 1.89 bits per heavy atom. The van der Waals surface area contributed by atoms with Crippen LogP contribution in [0.1, 0.15) is 16.1 Å². The van der Waals surface area contributed by atoms with Gasteiger partial charge in [0.2, 0.25) is 11.6 Å². The van der Waals surface area contributed by atoms with Gasteiger partial charge in [-0.15, -0.1) is 0 Å². The van der Waals surface area contributed by atoms with Gasteiger partial charge in [0, 0.05) is 12.4 Å². The number of carbonyl (C=O) groups excluding carboxylic acids is 1. The Kier molecular flexibility index (Phi) is 5.12. The number of pyridine rings is 2. The average molecular weight is 366 g/mol. The van der Waals surface area contributed by atoms with Gasteiger partial charge in [0.05, 0.1) is 4.92 Å². The van der Waals surface area contributed by atoms with E-state index in [-0.39, 0.29) is 17.3 Å². The molecule has 11 heteroatoms. The van der Waals surface area contributed by atoms with E-state index in [1.54, 1.807) is 30.5 Å². The van der Waals surface area contributed by atoms with E-state index in [9.17, 15) is 14.9 Å². The molecule has 0 radical (unpaired) electrons. The number of hydrogen-bond acceptors (Lipinski definition) is 9. The highest BCUT2D eigenvalue weighted by Gasteiger charge is 2.24. The highest BCUT2D eigenvalue weighted by atomic mass is 16.6. The monoisotopic (exact) mass is 366 g/mol. The van der Waals surface area contributed by atoms with E-state index >= 15 is 0 Å². The first-order valence-corrected chi connectivity index (χ1v) is 7.71. The van der Waals surface area contributed by atoms with E-state index in [2.05, 4.69) is 36.1 Å². The summed E-state index contributed by atoms with van der Waals surface area (Å²) in [5.74, 6) is -0.445. The predicted octanol–water partition coefficient (Wildman–Crippen LogP) is 1.98. The first-order chi connectivity index (χ1) is 13.0. The number of hydrazine groups is 1. The third kappa shape index (κ3) is 4.28. The predicted molar refractivity (Wildman–Crippen MR) is 96.3 cm³/mol. The molecule has 3 rings (SSSR count). The molecule has 0 saturated heterocycles. The summed E-state index contributed by atoms with van der Waals surface area (Å²) in [6.07, 6.45) is 4.19. The van der Waals surface area contributed by atoms with E-state index in [0.717, 1.165) is 11.9 Å². The molecule has 3 heterocycles. The van der Waals surface area contributed by atoms with Crippen LogP contribution >= 0.6 is 0 Å². The lowest BCUT2D eigenvalue weighted by Crippen LogP contribution is -2.31. The molecule has 0 spiro atoms. The van der Waals surface area contributed by atoms with Crippen molar-refractivity contribution in [3.63, 3.8) is 0 Å². The number of nitrogens with one attached hydrogen (secondary N) is 3. The second-order valence-electron chi connectivity index (χ2n) is 5.32. The molecule has 0 unspecified atom stereocenters. The van der Waals surface area contributed by atoms with Crippen LogP contribution in [0, 0.1) is 17.0 Å². The minimum Gasteiger partial charge on any atom is -0.319 e. The van der Waals surface area contributed by atoms with Gasteiger partial charge in [-0.25, -0.2) is 15.0 Å². The lowest BCUT2D eigenvalue weighted by molar-refractivity contribution is -0.383. The number of aromatic nitrogens is 4. The lowest BCUT2D eigenvalue weighted by Gasteiger charge is -2.10. The molecule has 11 nitrogen and oxygen atoms in total. The number of rotatable bonds is 6. The number of nitro groups is 1. The fourth-order valence-electron chi connectivity index (χ4n) is 2.07. The molecule has 0 aliphatic heterocycles. The van der Waals surface area contributed by atoms with E-state index in [1.165, 1.54) is 12.3 Å². The topological polar surface area (TPSA) is 148 Å². The summed E-state index contributed by atoms with van der Waals surface area (Å²) < 4.78 is 0. The molecule has 0 aromatic carbocycles. The van der Waals surface area contributed by atoms with Gasteiger partial charge in [-0.3, -0.25) is 30.7 Å². The maximum absolute atomic E-state index is 12.0. The first-order valence-electron chi connectivity index (χ1n) is 7.71. The van der Waals surface area contributed by atoms with E-state index < -0.39 is 16.5 Å². The largest absolute Gasteiger partial charge is 0.355 e. The summed E-state index contributed by atoms with van der Waals surface area (Å²) in [6.45, 7) is 1.87. The number of aryl methyl sites for hydroxylation is 1. The van der Waals surface area contributed by atoms with E-state index in [4.69, 9.17) is 0 Å². The minimum atomic E-state index is -0.661. The van der Waals surface area contributed by atoms with Gasteiger partial charge < -0.3 is 5.32 Å². The molecular weight excluding hydrogens is 352 g/mol. The van der Waals surface area contributed by atoms with Crippen molar-refractivity contribution in [1.29, 1.82) is 0 Å². The van der Waals surface area contributed by atoms with Crippen molar-refractivity contribution in [3.8, 4) is 0 Å². The Labute approximate surface area is 153 Å². The quantitative estimate of drug-likeness (QED) is 0.440. The molecule has 0 aliphatic rings. The van der Waals surface area contributed by atoms with Crippen molar-refractivity contribution in [2.24, 2.45) is 0 Å². The van der Waals surface area contributed by atoms with Gasteiger partial charge in [-0.2, -0.15) is 0 Å². The SMILES string of the molecule is Cc1ccc(Nc2ncnc(NNC(=O)c3ccccn3)c2[N+](=O)[O-])nc1. The molecule has 3 N–H and O–H groups in total. The van der Waals surface area contributed by atoms with Crippen LogP contribution in [0.25, 0.3) is 0 Å². The van der Waals surface area contributed by atoms with Crippen LogP contribution in [0.4, 0.5) is 23.1 Å². The molecule has 0 atom stereocenters. The lowest BCUT2D eigenvalue weighted by atomic mass is 10.3. The minimum absolute atomic E-state index is 0.0686. The molecule has 0 saturated carbocycles. The molecule has 0 aliphatic carbocycles. The highest BCUT2D eigenvalue weighted by Crippen LogP contribution is 2.30. The number of hydrogen-bond donors (Lipinski definition) is 3. The Morgan fingerprint density at radius 3 is 2.56 bits per heavy atom. The normalized spacial score (nSPS) is 10.1. The molecule has 0 bridgehead atoms. The average Bonchev–Trinajstić information content (AvgIpc) is 2.68. The number of anilines is 3. The number of carbonyl (C=O) groups is 1. The number of amides is 1. The molecule has 3 aromatic heterocycles. The van der Waals surface area contributed by atoms with Crippen molar-refractivity contribution in [2.75, 3.05) is 10.7 Å². The molecule has 1 amide bonds. The summed E-state index contributed by atoms with van der Waals surface area (Å²) in [5.41, 5.74) is 5.40. The number of nitrogens with zero attached hydrogens (tertiary/aromatic N) is 5. The van der Waals surface area contributed by atoms with Gasteiger partial charge in [0.1, 0.15) is 17.8 Å². The second kappa shape index (κ2) is 7.82. The van der Waals surface area contributed by atoms with Crippen LogP contribution in [-0.4, -0.2) is 30.8 Å². The van der Waals surface area contributed by atoms with Crippen LogP contribution in [0.15, 0.2) is 49.1 Å². The van der Waals surface area contributed by atoms with Crippen LogP contribution in [0.2, 0.25) is 0 Å². The van der Waals surface area contributed by atoms with Gasteiger partial charge in [-0.05, 0) is 30.7 Å². The summed E-state index contributed by atoms with van der Waals surface area (Å²) in [7, 11) is 0. The maximum atomic E-state index is 12.0. The smallest absolute Gasteiger partial charge is 0.319 e. The fraction of sp³-hybridized carbons (Fsp3) is 0.0625. The van der Waals surface area contributed by atoms with Gasteiger partial charge >= 0.3 is 5.69 Å². The summed E-state index contributed by atoms with van der Waals surface area (Å²) in [5, 5.41) is 14.3. The second-order valence-corrected chi connectivity index (χ2v) is 5.32. The van der Waals surface area contributed by atoms with Crippen molar-refractivity contribution < 1.29 is 9.72 Å². The third-order valence-corrected chi connectivity index (χ3v) is 3.35. The van der Waals surface area contributed by atoms with Crippen LogP contribution in [-0.2, 0) is 0 Å². The van der Waals surface area contributed by atoms with E-state index in [1.807, 2.05) is 6.92 Å². The Bertz CT molecular complexity index is 963. The summed E-state index contributed by atoms with van der Waals surface area (Å²) >= 11 is 0. The van der Waals surface area contributed by atoms with Crippen LogP contribution in [0.3, 0.4) is 0 Å². The molecule has 3 aromatic rings. The van der Waals surface area contributed by atoms with Crippen molar-refractivity contribution >= 4 is 29.0 Å². The van der Waals surface area contributed by atoms with Gasteiger partial charge in [0.25, 0.3) is 5.91 Å². The zero-order valence-electron chi connectivity index (χ0n) is 14.1. The zero-order chi connectivity index (χ0) is 19.2. The Morgan fingerprint density at radius 1 is 1.07 bits per heavy atom. The van der Waals surface area contributed by atoms with Gasteiger partial charge in [0.15, 0.2) is 0 Å². The first kappa shape index (κ1) is 17.7. The van der Waals surface area contributed by atoms with Crippen LogP contribution < -0.4 is 16.2 Å². The molecule has 0 fully saturated rings. The van der Waals surface area contributed by atoms with Gasteiger partial charge in [-0.1, -0.05) is 12.1 Å². The Balaban J connectivity index is 1.82. The van der Waals surface area contributed by atoms with E-state index in [0.29, 0.717) is 5.82 Å². The third-order valence-electron chi connectivity index (χ3n) is 3.35. The zero-order valence-corrected chi connectivity index (χ0v) is 14.1. The van der Waals surface area contributed by atoms with Crippen molar-refractivity contribution in [1.82, 2.24) is 25.4 Å². The highest BCUT2D eigenvalue weighted by molar-refractivity contribution is 5.93. The summed E-state index contributed by atoms with van der Waals surface area (Å²) in [4.78, 5) is 38.6. The molecule has 27 heavy (non-hydrogen) atoms. The standard InChI is InChI=1S/C16H14N8O3/c1-10-5-6-12(18-8-10)21-14-13(24(26)27)15(20-9-19-14)22-23-16(25)11-4-2-3-7-17-11/h2-9H,1H3,(H,23,25)(H2,18,19,20,21,22). The van der Waals surface area contributed by atoms with Crippen LogP contribution in [0.5, 0.6) is 0 Å². The van der Waals surface area contributed by atoms with Crippen molar-refractivity contribution in [3.05, 3.63) is 70.4 Å². The fourth-order valence-corrected chi connectivity index (χ4v) is 2.07. The maximum Gasteiger partial charge on any atom is 0.355 e. The molecular formula is C16H14N8O3. The van der Waals surface area contributed by atoms with Crippen molar-refractivity contribution in [2.45, 2.75) is 6.92 Å².